The van der Waals surface area contributed by atoms with Gasteiger partial charge in [-0.3, -0.25) is 10.1 Å². The Morgan fingerprint density at radius 2 is 2.05 bits per heavy atom. The molecule has 0 atom stereocenters. The molecule has 22 heavy (non-hydrogen) atoms. The first-order valence-electron chi connectivity index (χ1n) is 6.44. The molecule has 8 heteroatoms. The summed E-state index contributed by atoms with van der Waals surface area (Å²) in [6, 6.07) is 4.06. The second-order valence-corrected chi connectivity index (χ2v) is 4.27. The third kappa shape index (κ3) is 5.72. The van der Waals surface area contributed by atoms with Crippen LogP contribution in [-0.2, 0) is 15.7 Å². The van der Waals surface area contributed by atoms with Gasteiger partial charge in [0.1, 0.15) is 0 Å². The third-order valence-electron chi connectivity index (χ3n) is 2.63. The van der Waals surface area contributed by atoms with Crippen LogP contribution in [0.15, 0.2) is 29.3 Å². The average molecular weight is 318 g/mol. The van der Waals surface area contributed by atoms with Gasteiger partial charge in [0, 0.05) is 25.8 Å². The Morgan fingerprint density at radius 1 is 1.32 bits per heavy atom. The molecule has 0 fully saturated rings. The van der Waals surface area contributed by atoms with Gasteiger partial charge in [0.15, 0.2) is 0 Å². The van der Waals surface area contributed by atoms with Crippen molar-refractivity contribution in [1.29, 1.82) is 0 Å². The lowest BCUT2D eigenvalue weighted by Crippen LogP contribution is -2.32. The van der Waals surface area contributed by atoms with Crippen LogP contribution in [-0.4, -0.2) is 39.3 Å². The van der Waals surface area contributed by atoms with E-state index in [1.54, 1.807) is 7.11 Å². The number of carbonyl (C=O) groups excluding carboxylic acids is 1. The molecule has 0 spiro atoms. The van der Waals surface area contributed by atoms with E-state index < -0.39 is 17.6 Å². The first-order chi connectivity index (χ1) is 10.4. The third-order valence-corrected chi connectivity index (χ3v) is 2.63. The summed E-state index contributed by atoms with van der Waals surface area (Å²) in [6.45, 7) is 0.863. The number of alkyl halides is 3. The van der Waals surface area contributed by atoms with Crippen molar-refractivity contribution >= 4 is 11.9 Å². The Bertz CT molecular complexity index is 530. The lowest BCUT2D eigenvalue weighted by atomic mass is 10.1. The number of halogens is 3. The van der Waals surface area contributed by atoms with Crippen LogP contribution in [0.2, 0.25) is 0 Å². The molecule has 1 rings (SSSR count). The Labute approximate surface area is 126 Å². The lowest BCUT2D eigenvalue weighted by Gasteiger charge is -2.10. The van der Waals surface area contributed by atoms with E-state index in [-0.39, 0.29) is 11.6 Å². The van der Waals surface area contributed by atoms with Gasteiger partial charge in [0.2, 0.25) is 0 Å². The molecule has 0 aliphatic rings. The second-order valence-electron chi connectivity index (χ2n) is 4.27. The van der Waals surface area contributed by atoms with Crippen LogP contribution in [0.3, 0.4) is 0 Å². The predicted octanol–water partition coefficient (Wildman–Crippen LogP) is 2.47. The second kappa shape index (κ2) is 8.38. The number of aliphatic imine (C=N–C) groups is 1. The highest BCUT2D eigenvalue weighted by molar-refractivity contribution is 6.04. The number of rotatable bonds is 5. The topological polar surface area (TPSA) is 59.9 Å². The molecule has 1 aromatic rings. The maximum absolute atomic E-state index is 12.6. The molecule has 0 radical (unpaired) electrons. The van der Waals surface area contributed by atoms with Crippen LogP contribution >= 0.6 is 0 Å². The summed E-state index contributed by atoms with van der Waals surface area (Å²) in [4.78, 5) is 15.9. The largest absolute Gasteiger partial charge is 0.468 e. The number of nitrogens with zero attached hydrogens (tertiary/aromatic N) is 1. The van der Waals surface area contributed by atoms with Crippen LogP contribution in [0, 0.1) is 0 Å². The zero-order chi connectivity index (χ0) is 16.6. The SMILES string of the molecule is COCCCN=C(NC(=O)c1cccc(C(F)(F)F)c1)OC. The summed E-state index contributed by atoms with van der Waals surface area (Å²) >= 11 is 0. The highest BCUT2D eigenvalue weighted by atomic mass is 19.4. The first-order valence-corrected chi connectivity index (χ1v) is 6.44. The van der Waals surface area contributed by atoms with Crippen molar-refractivity contribution in [2.45, 2.75) is 12.6 Å². The summed E-state index contributed by atoms with van der Waals surface area (Å²) in [7, 11) is 2.86. The molecule has 0 aromatic heterocycles. The van der Waals surface area contributed by atoms with Crippen LogP contribution in [0.4, 0.5) is 13.2 Å². The zero-order valence-electron chi connectivity index (χ0n) is 12.2. The van der Waals surface area contributed by atoms with Crippen molar-refractivity contribution in [2.24, 2.45) is 4.99 Å². The molecule has 1 amide bonds. The van der Waals surface area contributed by atoms with E-state index in [0.29, 0.717) is 19.6 Å². The van der Waals surface area contributed by atoms with E-state index >= 15 is 0 Å². The Morgan fingerprint density at radius 3 is 2.64 bits per heavy atom. The van der Waals surface area contributed by atoms with Crippen LogP contribution in [0.25, 0.3) is 0 Å². The van der Waals surface area contributed by atoms with Crippen molar-refractivity contribution in [3.05, 3.63) is 35.4 Å². The normalized spacial score (nSPS) is 12.1. The minimum Gasteiger partial charge on any atom is -0.468 e. The molecule has 5 nitrogen and oxygen atoms in total. The molecule has 0 heterocycles. The van der Waals surface area contributed by atoms with Gasteiger partial charge in [-0.1, -0.05) is 6.07 Å². The number of hydrogen-bond donors (Lipinski definition) is 1. The Balaban J connectivity index is 2.75. The lowest BCUT2D eigenvalue weighted by molar-refractivity contribution is -0.137. The first kappa shape index (κ1) is 18.0. The fourth-order valence-electron chi connectivity index (χ4n) is 1.55. The van der Waals surface area contributed by atoms with Crippen molar-refractivity contribution in [2.75, 3.05) is 27.4 Å². The maximum atomic E-state index is 12.6. The maximum Gasteiger partial charge on any atom is 0.416 e. The molecule has 1 N–H and O–H groups in total. The van der Waals surface area contributed by atoms with Gasteiger partial charge in [-0.05, 0) is 24.6 Å². The number of benzene rings is 1. The number of carbonyl (C=O) groups is 1. The van der Waals surface area contributed by atoms with Gasteiger partial charge in [-0.2, -0.15) is 13.2 Å². The molecule has 0 saturated heterocycles. The zero-order valence-corrected chi connectivity index (χ0v) is 12.2. The summed E-state index contributed by atoms with van der Waals surface area (Å²) in [5, 5.41) is 2.32. The number of nitrogens with one attached hydrogen (secondary N) is 1. The number of hydrogen-bond acceptors (Lipinski definition) is 4. The molecule has 0 bridgehead atoms. The van der Waals surface area contributed by atoms with Crippen molar-refractivity contribution < 1.29 is 27.4 Å². The van der Waals surface area contributed by atoms with E-state index in [4.69, 9.17) is 9.47 Å². The minimum absolute atomic E-state index is 0.0569. The number of amidine groups is 1. The molecule has 0 aliphatic heterocycles. The molecular weight excluding hydrogens is 301 g/mol. The predicted molar refractivity (Wildman–Crippen MR) is 74.7 cm³/mol. The van der Waals surface area contributed by atoms with Crippen molar-refractivity contribution in [3.8, 4) is 0 Å². The summed E-state index contributed by atoms with van der Waals surface area (Å²) < 4.78 is 47.5. The van der Waals surface area contributed by atoms with Gasteiger partial charge in [0.05, 0.1) is 12.7 Å². The minimum atomic E-state index is -4.51. The van der Waals surface area contributed by atoms with Crippen LogP contribution in [0.1, 0.15) is 22.3 Å². The van der Waals surface area contributed by atoms with Crippen LogP contribution in [0.5, 0.6) is 0 Å². The highest BCUT2D eigenvalue weighted by Crippen LogP contribution is 2.29. The molecule has 0 saturated carbocycles. The van der Waals surface area contributed by atoms with Gasteiger partial charge < -0.3 is 9.47 Å². The van der Waals surface area contributed by atoms with Crippen molar-refractivity contribution in [3.63, 3.8) is 0 Å². The molecule has 0 unspecified atom stereocenters. The summed E-state index contributed by atoms with van der Waals surface area (Å²) in [5.41, 5.74) is -1.02. The number of ether oxygens (including phenoxy) is 2. The molecule has 122 valence electrons. The molecular formula is C14H17F3N2O3. The Kier molecular flexibility index (Phi) is 6.84. The monoisotopic (exact) mass is 318 g/mol. The van der Waals surface area contributed by atoms with Gasteiger partial charge in [0.25, 0.3) is 11.9 Å². The van der Waals surface area contributed by atoms with Crippen LogP contribution < -0.4 is 5.32 Å². The van der Waals surface area contributed by atoms with E-state index in [1.165, 1.54) is 19.2 Å². The van der Waals surface area contributed by atoms with Gasteiger partial charge in [-0.15, -0.1) is 0 Å². The quantitative estimate of drug-likeness (QED) is 0.515. The van der Waals surface area contributed by atoms with E-state index in [1.807, 2.05) is 0 Å². The van der Waals surface area contributed by atoms with Gasteiger partial charge in [-0.25, -0.2) is 4.99 Å². The van der Waals surface area contributed by atoms with E-state index in [2.05, 4.69) is 10.3 Å². The van der Waals surface area contributed by atoms with E-state index in [9.17, 15) is 18.0 Å². The number of amides is 1. The van der Waals surface area contributed by atoms with E-state index in [0.717, 1.165) is 12.1 Å². The smallest absolute Gasteiger partial charge is 0.416 e. The van der Waals surface area contributed by atoms with Crippen molar-refractivity contribution in [1.82, 2.24) is 5.32 Å². The number of methoxy groups -OCH3 is 2. The summed E-state index contributed by atoms with van der Waals surface area (Å²) in [5.74, 6) is -0.724. The Hall–Kier alpha value is -2.09. The molecule has 0 aliphatic carbocycles. The molecule has 1 aromatic carbocycles. The standard InChI is InChI=1S/C14H17F3N2O3/c1-21-8-4-7-18-13(22-2)19-12(20)10-5-3-6-11(9-10)14(15,16)17/h3,5-6,9H,4,7-8H2,1-2H3,(H,18,19,20). The fraction of sp³-hybridized carbons (Fsp3) is 0.429. The highest BCUT2D eigenvalue weighted by Gasteiger charge is 2.30. The average Bonchev–Trinajstić information content (AvgIpc) is 2.49. The van der Waals surface area contributed by atoms with Gasteiger partial charge >= 0.3 is 6.18 Å². The summed E-state index contributed by atoms with van der Waals surface area (Å²) in [6.07, 6.45) is -3.88. The fourth-order valence-corrected chi connectivity index (χ4v) is 1.55.